The van der Waals surface area contributed by atoms with Crippen molar-refractivity contribution in [2.75, 3.05) is 11.9 Å². The number of hydrogen-bond acceptors (Lipinski definition) is 1. The first-order valence-electron chi connectivity index (χ1n) is 10.1. The van der Waals surface area contributed by atoms with Gasteiger partial charge in [0.05, 0.1) is 18.6 Å². The Balaban J connectivity index is 1.58. The highest BCUT2D eigenvalue weighted by atomic mass is 16.2. The molecule has 2 fully saturated rings. The van der Waals surface area contributed by atoms with Gasteiger partial charge < -0.3 is 15.5 Å². The maximum absolute atomic E-state index is 12.5. The lowest BCUT2D eigenvalue weighted by molar-refractivity contribution is -0.963. The number of rotatable bonds is 5. The number of amides is 2. The van der Waals surface area contributed by atoms with Crippen LogP contribution >= 0.6 is 0 Å². The van der Waals surface area contributed by atoms with Crippen LogP contribution in [0.3, 0.4) is 0 Å². The van der Waals surface area contributed by atoms with Crippen molar-refractivity contribution < 1.29 is 9.69 Å². The SMILES string of the molecule is CCc1ccccc1NC(=O)NC1C[C@H]2CCC[C@@H](C1)[NH+]2CC(C)C. The molecule has 1 aromatic carbocycles. The van der Waals surface area contributed by atoms with Gasteiger partial charge in [-0.3, -0.25) is 0 Å². The van der Waals surface area contributed by atoms with Crippen LogP contribution in [0.2, 0.25) is 0 Å². The first-order valence-corrected chi connectivity index (χ1v) is 10.1. The number of benzene rings is 1. The normalized spacial score (nSPS) is 28.6. The van der Waals surface area contributed by atoms with E-state index in [2.05, 4.69) is 37.5 Å². The second-order valence-corrected chi connectivity index (χ2v) is 8.28. The standard InChI is InChI=1S/C21H33N3O/c1-4-16-8-5-6-11-20(16)23-21(25)22-17-12-18-9-7-10-19(13-17)24(18)14-15(2)3/h5-6,8,11,15,17-19H,4,7,9-10,12-14H2,1-3H3,(H2,22,23,25)/p+1/t17?,18-,19+. The van der Waals surface area contributed by atoms with Gasteiger partial charge >= 0.3 is 6.03 Å². The van der Waals surface area contributed by atoms with Crippen molar-refractivity contribution in [1.29, 1.82) is 0 Å². The topological polar surface area (TPSA) is 45.6 Å². The Kier molecular flexibility index (Phi) is 6.00. The van der Waals surface area contributed by atoms with Gasteiger partial charge in [0.25, 0.3) is 0 Å². The van der Waals surface area contributed by atoms with Gasteiger partial charge in [-0.1, -0.05) is 39.0 Å². The number of aryl methyl sites for hydroxylation is 1. The predicted molar refractivity (Wildman–Crippen MR) is 103 cm³/mol. The average Bonchev–Trinajstić information content (AvgIpc) is 2.55. The molecule has 138 valence electrons. The summed E-state index contributed by atoms with van der Waals surface area (Å²) >= 11 is 0. The highest BCUT2D eigenvalue weighted by Gasteiger charge is 2.42. The Bertz CT molecular complexity index is 572. The Morgan fingerprint density at radius 3 is 2.52 bits per heavy atom. The fraction of sp³-hybridized carbons (Fsp3) is 0.667. The number of urea groups is 1. The maximum atomic E-state index is 12.5. The minimum Gasteiger partial charge on any atom is -0.335 e. The minimum atomic E-state index is -0.0451. The molecule has 3 N–H and O–H groups in total. The van der Waals surface area contributed by atoms with Crippen LogP contribution in [0.15, 0.2) is 24.3 Å². The van der Waals surface area contributed by atoms with Gasteiger partial charge in [0.2, 0.25) is 0 Å². The van der Waals surface area contributed by atoms with Gasteiger partial charge in [-0.2, -0.15) is 0 Å². The Hall–Kier alpha value is -1.55. The van der Waals surface area contributed by atoms with Crippen LogP contribution in [0.5, 0.6) is 0 Å². The van der Waals surface area contributed by atoms with Crippen LogP contribution in [0.1, 0.15) is 58.4 Å². The van der Waals surface area contributed by atoms with Gasteiger partial charge in [0, 0.05) is 30.5 Å². The summed E-state index contributed by atoms with van der Waals surface area (Å²) in [5.41, 5.74) is 2.12. The third-order valence-corrected chi connectivity index (χ3v) is 5.92. The van der Waals surface area contributed by atoms with Crippen LogP contribution in [-0.2, 0) is 6.42 Å². The Morgan fingerprint density at radius 2 is 1.88 bits per heavy atom. The van der Waals surface area contributed by atoms with E-state index in [1.165, 1.54) is 31.4 Å². The minimum absolute atomic E-state index is 0.0451. The molecule has 2 unspecified atom stereocenters. The van der Waals surface area contributed by atoms with Crippen LogP contribution in [-0.4, -0.2) is 30.7 Å². The lowest BCUT2D eigenvalue weighted by Crippen LogP contribution is -3.21. The third kappa shape index (κ3) is 4.55. The average molecular weight is 345 g/mol. The molecular weight excluding hydrogens is 310 g/mol. The number of quaternary nitrogens is 1. The molecule has 3 rings (SSSR count). The van der Waals surface area contributed by atoms with E-state index in [1.54, 1.807) is 4.90 Å². The van der Waals surface area contributed by atoms with Crippen LogP contribution in [0.4, 0.5) is 10.5 Å². The zero-order valence-corrected chi connectivity index (χ0v) is 16.0. The van der Waals surface area contributed by atoms with Gasteiger partial charge in [0.1, 0.15) is 0 Å². The van der Waals surface area contributed by atoms with E-state index in [0.29, 0.717) is 6.04 Å². The van der Waals surface area contributed by atoms with Crippen molar-refractivity contribution in [2.24, 2.45) is 5.92 Å². The number of carbonyl (C=O) groups excluding carboxylic acids is 1. The molecule has 1 aromatic rings. The molecule has 0 aromatic heterocycles. The van der Waals surface area contributed by atoms with E-state index in [-0.39, 0.29) is 6.03 Å². The van der Waals surface area contributed by atoms with E-state index < -0.39 is 0 Å². The fourth-order valence-corrected chi connectivity index (χ4v) is 4.85. The molecule has 0 radical (unpaired) electrons. The molecule has 2 saturated heterocycles. The summed E-state index contributed by atoms with van der Waals surface area (Å²) in [6, 6.07) is 9.79. The monoisotopic (exact) mass is 344 g/mol. The highest BCUT2D eigenvalue weighted by molar-refractivity contribution is 5.90. The molecule has 4 heteroatoms. The molecule has 2 amide bonds. The van der Waals surface area contributed by atoms with Crippen LogP contribution in [0.25, 0.3) is 0 Å². The smallest absolute Gasteiger partial charge is 0.319 e. The first-order chi connectivity index (χ1) is 12.1. The molecule has 4 nitrogen and oxygen atoms in total. The van der Waals surface area contributed by atoms with E-state index in [1.807, 2.05) is 18.2 Å². The molecule has 2 bridgehead atoms. The van der Waals surface area contributed by atoms with E-state index >= 15 is 0 Å². The summed E-state index contributed by atoms with van der Waals surface area (Å²) in [6.45, 7) is 8.04. The van der Waals surface area contributed by atoms with Crippen LogP contribution in [0, 0.1) is 5.92 Å². The van der Waals surface area contributed by atoms with E-state index in [4.69, 9.17) is 0 Å². The lowest BCUT2D eigenvalue weighted by atomic mass is 9.81. The number of hydrogen-bond donors (Lipinski definition) is 3. The van der Waals surface area contributed by atoms with Gasteiger partial charge in [-0.15, -0.1) is 0 Å². The molecule has 2 aliphatic rings. The van der Waals surface area contributed by atoms with Crippen molar-refractivity contribution in [3.8, 4) is 0 Å². The van der Waals surface area contributed by atoms with Crippen molar-refractivity contribution in [1.82, 2.24) is 5.32 Å². The fourth-order valence-electron chi connectivity index (χ4n) is 4.85. The van der Waals surface area contributed by atoms with Crippen molar-refractivity contribution >= 4 is 11.7 Å². The van der Waals surface area contributed by atoms with Gasteiger partial charge in [0.15, 0.2) is 0 Å². The molecular formula is C21H34N3O+. The lowest BCUT2D eigenvalue weighted by Gasteiger charge is -2.46. The summed E-state index contributed by atoms with van der Waals surface area (Å²) in [5.74, 6) is 0.747. The van der Waals surface area contributed by atoms with Gasteiger partial charge in [-0.25, -0.2) is 4.79 Å². The number of piperidine rings is 2. The molecule has 0 spiro atoms. The number of fused-ring (bicyclic) bond motifs is 2. The van der Waals surface area contributed by atoms with Crippen molar-refractivity contribution in [2.45, 2.75) is 77.4 Å². The highest BCUT2D eigenvalue weighted by Crippen LogP contribution is 2.23. The second kappa shape index (κ2) is 8.22. The second-order valence-electron chi connectivity index (χ2n) is 8.28. The van der Waals surface area contributed by atoms with Crippen molar-refractivity contribution in [3.05, 3.63) is 29.8 Å². The molecule has 4 atom stereocenters. The molecule has 25 heavy (non-hydrogen) atoms. The molecule has 2 heterocycles. The number of para-hydroxylation sites is 1. The Labute approximate surface area is 152 Å². The van der Waals surface area contributed by atoms with Gasteiger partial charge in [-0.05, 0) is 37.3 Å². The summed E-state index contributed by atoms with van der Waals surface area (Å²) in [5, 5.41) is 6.32. The summed E-state index contributed by atoms with van der Waals surface area (Å²) < 4.78 is 0. The Morgan fingerprint density at radius 1 is 1.20 bits per heavy atom. The maximum Gasteiger partial charge on any atom is 0.319 e. The quantitative estimate of drug-likeness (QED) is 0.755. The molecule has 2 aliphatic heterocycles. The van der Waals surface area contributed by atoms with Crippen LogP contribution < -0.4 is 15.5 Å². The summed E-state index contributed by atoms with van der Waals surface area (Å²) in [7, 11) is 0. The number of nitrogens with one attached hydrogen (secondary N) is 3. The predicted octanol–water partition coefficient (Wildman–Crippen LogP) is 2.99. The zero-order chi connectivity index (χ0) is 17.8. The third-order valence-electron chi connectivity index (χ3n) is 5.92. The molecule has 0 aliphatic carbocycles. The van der Waals surface area contributed by atoms with E-state index in [0.717, 1.165) is 43.0 Å². The first kappa shape index (κ1) is 18.2. The molecule has 0 saturated carbocycles. The largest absolute Gasteiger partial charge is 0.335 e. The van der Waals surface area contributed by atoms with E-state index in [9.17, 15) is 4.79 Å². The summed E-state index contributed by atoms with van der Waals surface area (Å²) in [6.07, 6.45) is 7.17. The van der Waals surface area contributed by atoms with Crippen molar-refractivity contribution in [3.63, 3.8) is 0 Å². The summed E-state index contributed by atoms with van der Waals surface area (Å²) in [4.78, 5) is 14.3. The number of anilines is 1. The number of carbonyl (C=O) groups is 1. The zero-order valence-electron chi connectivity index (χ0n) is 16.0.